The van der Waals surface area contributed by atoms with E-state index in [0.717, 1.165) is 6.42 Å². The van der Waals surface area contributed by atoms with E-state index >= 15 is 0 Å². The predicted octanol–water partition coefficient (Wildman–Crippen LogP) is 3.81. The molecule has 0 bridgehead atoms. The molecule has 0 aliphatic rings. The van der Waals surface area contributed by atoms with E-state index in [2.05, 4.69) is 61.5 Å². The van der Waals surface area contributed by atoms with E-state index in [0.29, 0.717) is 6.26 Å². The molecule has 2 aromatic rings. The highest BCUT2D eigenvalue weighted by Gasteiger charge is 2.02. The molecule has 0 amide bonds. The molecular weight excluding hydrogens is 272 g/mol. The Labute approximate surface area is 121 Å². The van der Waals surface area contributed by atoms with E-state index in [-0.39, 0.29) is 0 Å². The molecule has 20 heavy (non-hydrogen) atoms. The summed E-state index contributed by atoms with van der Waals surface area (Å²) in [5, 5.41) is 0. The Kier molecular flexibility index (Phi) is 6.42. The molecule has 4 heteroatoms. The van der Waals surface area contributed by atoms with Gasteiger partial charge in [0.2, 0.25) is 0 Å². The van der Waals surface area contributed by atoms with Crippen molar-refractivity contribution in [2.45, 2.75) is 19.8 Å². The van der Waals surface area contributed by atoms with Gasteiger partial charge in [0.15, 0.2) is 0 Å². The van der Waals surface area contributed by atoms with Crippen LogP contribution in [-0.2, 0) is 16.5 Å². The lowest BCUT2D eigenvalue weighted by Crippen LogP contribution is -1.88. The summed E-state index contributed by atoms with van der Waals surface area (Å²) >= 11 is 0. The first-order valence-electron chi connectivity index (χ1n) is 6.47. The maximum Gasteiger partial charge on any atom is 0.261 e. The lowest BCUT2D eigenvalue weighted by Gasteiger charge is -2.08. The van der Waals surface area contributed by atoms with Gasteiger partial charge in [0.25, 0.3) is 10.1 Å². The van der Waals surface area contributed by atoms with E-state index in [1.165, 1.54) is 23.1 Å². The third kappa shape index (κ3) is 6.50. The van der Waals surface area contributed by atoms with Crippen LogP contribution in [0.2, 0.25) is 0 Å². The SMILES string of the molecule is CCCc1ccccc1-c1ccccc1.CS(=O)(=O)O. The largest absolute Gasteiger partial charge is 0.286 e. The van der Waals surface area contributed by atoms with Crippen LogP contribution in [0.3, 0.4) is 0 Å². The summed E-state index contributed by atoms with van der Waals surface area (Å²) in [5.41, 5.74) is 4.15. The Hall–Kier alpha value is -1.65. The topological polar surface area (TPSA) is 54.4 Å². The van der Waals surface area contributed by atoms with Crippen molar-refractivity contribution in [3.63, 3.8) is 0 Å². The van der Waals surface area contributed by atoms with Crippen molar-refractivity contribution in [2.24, 2.45) is 0 Å². The average molecular weight is 292 g/mol. The van der Waals surface area contributed by atoms with Gasteiger partial charge >= 0.3 is 0 Å². The highest BCUT2D eigenvalue weighted by atomic mass is 32.2. The first-order chi connectivity index (χ1) is 9.42. The molecule has 108 valence electrons. The van der Waals surface area contributed by atoms with Gasteiger partial charge in [0.05, 0.1) is 6.26 Å². The van der Waals surface area contributed by atoms with Crippen LogP contribution < -0.4 is 0 Å². The minimum Gasteiger partial charge on any atom is -0.286 e. The Balaban J connectivity index is 0.000000347. The summed E-state index contributed by atoms with van der Waals surface area (Å²) in [6.45, 7) is 2.22. The standard InChI is InChI=1S/C15H16.CH4O3S/c1-2-8-13-11-6-7-12-15(13)14-9-4-3-5-10-14;1-5(2,3)4/h3-7,9-12H,2,8H2,1H3;1H3,(H,2,3,4). The van der Waals surface area contributed by atoms with Crippen LogP contribution >= 0.6 is 0 Å². The van der Waals surface area contributed by atoms with E-state index in [4.69, 9.17) is 4.55 Å². The molecule has 0 aromatic heterocycles. The van der Waals surface area contributed by atoms with E-state index < -0.39 is 10.1 Å². The van der Waals surface area contributed by atoms with Crippen molar-refractivity contribution in [1.82, 2.24) is 0 Å². The Morgan fingerprint density at radius 3 is 2.00 bits per heavy atom. The van der Waals surface area contributed by atoms with Gasteiger partial charge in [-0.15, -0.1) is 0 Å². The number of hydrogen-bond donors (Lipinski definition) is 1. The van der Waals surface area contributed by atoms with E-state index in [1.807, 2.05) is 0 Å². The monoisotopic (exact) mass is 292 g/mol. The second-order valence-corrected chi connectivity index (χ2v) is 5.97. The van der Waals surface area contributed by atoms with E-state index in [9.17, 15) is 8.42 Å². The first-order valence-corrected chi connectivity index (χ1v) is 8.32. The fourth-order valence-corrected chi connectivity index (χ4v) is 1.91. The van der Waals surface area contributed by atoms with Crippen LogP contribution in [0.1, 0.15) is 18.9 Å². The molecule has 2 rings (SSSR count). The van der Waals surface area contributed by atoms with Crippen molar-refractivity contribution < 1.29 is 13.0 Å². The van der Waals surface area contributed by atoms with Crippen LogP contribution in [0.15, 0.2) is 54.6 Å². The van der Waals surface area contributed by atoms with Gasteiger partial charge in [-0.2, -0.15) is 8.42 Å². The molecule has 2 aromatic carbocycles. The second-order valence-electron chi connectivity index (χ2n) is 4.51. The number of hydrogen-bond acceptors (Lipinski definition) is 2. The molecular formula is C16H20O3S. The zero-order chi connectivity index (χ0) is 15.0. The third-order valence-electron chi connectivity index (χ3n) is 2.62. The summed E-state index contributed by atoms with van der Waals surface area (Å²) in [5.74, 6) is 0. The van der Waals surface area contributed by atoms with E-state index in [1.54, 1.807) is 0 Å². The molecule has 0 heterocycles. The molecule has 0 atom stereocenters. The summed E-state index contributed by atoms with van der Waals surface area (Å²) < 4.78 is 25.9. The average Bonchev–Trinajstić information content (AvgIpc) is 2.39. The molecule has 0 aliphatic heterocycles. The fraction of sp³-hybridized carbons (Fsp3) is 0.250. The summed E-state index contributed by atoms with van der Waals surface area (Å²) in [7, 11) is -3.67. The van der Waals surface area contributed by atoms with Gasteiger partial charge in [-0.3, -0.25) is 4.55 Å². The zero-order valence-corrected chi connectivity index (χ0v) is 12.6. The molecule has 0 spiro atoms. The lowest BCUT2D eigenvalue weighted by atomic mass is 9.97. The van der Waals surface area contributed by atoms with Crippen LogP contribution in [0.25, 0.3) is 11.1 Å². The summed E-state index contributed by atoms with van der Waals surface area (Å²) in [6.07, 6.45) is 3.07. The molecule has 0 unspecified atom stereocenters. The van der Waals surface area contributed by atoms with Gasteiger partial charge in [-0.1, -0.05) is 67.9 Å². The smallest absolute Gasteiger partial charge is 0.261 e. The normalized spacial score (nSPS) is 10.6. The van der Waals surface area contributed by atoms with Crippen molar-refractivity contribution in [2.75, 3.05) is 6.26 Å². The van der Waals surface area contributed by atoms with Crippen LogP contribution in [-0.4, -0.2) is 19.2 Å². The van der Waals surface area contributed by atoms with Crippen molar-refractivity contribution in [3.8, 4) is 11.1 Å². The fourth-order valence-electron chi connectivity index (χ4n) is 1.91. The van der Waals surface area contributed by atoms with Crippen LogP contribution in [0.4, 0.5) is 0 Å². The molecule has 0 aliphatic carbocycles. The number of rotatable bonds is 3. The molecule has 0 saturated carbocycles. The highest BCUT2D eigenvalue weighted by molar-refractivity contribution is 7.85. The quantitative estimate of drug-likeness (QED) is 0.875. The van der Waals surface area contributed by atoms with Crippen LogP contribution in [0, 0.1) is 0 Å². The number of aryl methyl sites for hydroxylation is 1. The number of benzene rings is 2. The van der Waals surface area contributed by atoms with Gasteiger partial charge < -0.3 is 0 Å². The van der Waals surface area contributed by atoms with Crippen molar-refractivity contribution >= 4 is 10.1 Å². The summed E-state index contributed by atoms with van der Waals surface area (Å²) in [6, 6.07) is 19.3. The molecule has 0 fully saturated rings. The minimum atomic E-state index is -3.67. The molecule has 3 nitrogen and oxygen atoms in total. The molecule has 0 radical (unpaired) electrons. The van der Waals surface area contributed by atoms with Crippen LogP contribution in [0.5, 0.6) is 0 Å². The van der Waals surface area contributed by atoms with Crippen molar-refractivity contribution in [3.05, 3.63) is 60.2 Å². The second kappa shape index (κ2) is 7.82. The minimum absolute atomic E-state index is 0.715. The van der Waals surface area contributed by atoms with Gasteiger partial charge in [-0.05, 0) is 23.1 Å². The maximum absolute atomic E-state index is 9.19. The summed E-state index contributed by atoms with van der Waals surface area (Å²) in [4.78, 5) is 0. The Bertz CT molecular complexity index is 611. The zero-order valence-electron chi connectivity index (χ0n) is 11.8. The first kappa shape index (κ1) is 16.4. The Morgan fingerprint density at radius 2 is 1.45 bits per heavy atom. The van der Waals surface area contributed by atoms with Gasteiger partial charge in [-0.25, -0.2) is 0 Å². The molecule has 1 N–H and O–H groups in total. The maximum atomic E-state index is 9.19. The molecule has 0 saturated heterocycles. The highest BCUT2D eigenvalue weighted by Crippen LogP contribution is 2.24. The lowest BCUT2D eigenvalue weighted by molar-refractivity contribution is 0.490. The van der Waals surface area contributed by atoms with Gasteiger partial charge in [0.1, 0.15) is 0 Å². The third-order valence-corrected chi connectivity index (χ3v) is 2.62. The van der Waals surface area contributed by atoms with Crippen molar-refractivity contribution in [1.29, 1.82) is 0 Å². The Morgan fingerprint density at radius 1 is 0.950 bits per heavy atom. The van der Waals surface area contributed by atoms with Gasteiger partial charge in [0, 0.05) is 0 Å². The predicted molar refractivity (Wildman–Crippen MR) is 83.3 cm³/mol.